The van der Waals surface area contributed by atoms with Crippen LogP contribution in [0.5, 0.6) is 0 Å². The highest BCUT2D eigenvalue weighted by Gasteiger charge is 2.56. The second-order valence-electron chi connectivity index (χ2n) is 4.95. The zero-order chi connectivity index (χ0) is 16.7. The van der Waals surface area contributed by atoms with Crippen LogP contribution >= 0.6 is 11.6 Å². The number of halogens is 2. The van der Waals surface area contributed by atoms with Gasteiger partial charge in [-0.05, 0) is 18.5 Å². The summed E-state index contributed by atoms with van der Waals surface area (Å²) in [5.74, 6) is 0.773. The van der Waals surface area contributed by atoms with Gasteiger partial charge in [-0.1, -0.05) is 5.92 Å². The van der Waals surface area contributed by atoms with Crippen LogP contribution in [-0.4, -0.2) is 43.6 Å². The molecule has 0 aliphatic carbocycles. The number of nitrogen functional groups attached to an aromatic ring is 1. The molecule has 120 valence electrons. The molecule has 5 atom stereocenters. The quantitative estimate of drug-likeness (QED) is 0.484. The fourth-order valence-corrected chi connectivity index (χ4v) is 2.43. The summed E-state index contributed by atoms with van der Waals surface area (Å²) in [5, 5.41) is 21.9. The summed E-state index contributed by atoms with van der Waals surface area (Å²) >= 11 is 5.35. The van der Waals surface area contributed by atoms with Crippen molar-refractivity contribution in [3.05, 3.63) is 22.5 Å². The molecule has 0 saturated carbocycles. The number of nitrogens with two attached hydrogens (primary N) is 2. The van der Waals surface area contributed by atoms with E-state index in [1.54, 1.807) is 0 Å². The zero-order valence-corrected chi connectivity index (χ0v) is 12.2. The van der Waals surface area contributed by atoms with E-state index in [0.717, 1.165) is 6.20 Å². The minimum atomic E-state index is -1.85. The highest BCUT2D eigenvalue weighted by molar-refractivity contribution is 6.30. The number of anilines is 1. The first kappa shape index (κ1) is 16.7. The smallest absolute Gasteiger partial charge is 0.351 e. The van der Waals surface area contributed by atoms with Crippen LogP contribution in [0.15, 0.2) is 11.0 Å². The topological polar surface area (TPSA) is 137 Å². The Balaban J connectivity index is 2.59. The molecule has 0 spiro atoms. The number of hydrogen-bond acceptors (Lipinski definition) is 7. The lowest BCUT2D eigenvalue weighted by atomic mass is 9.90. The largest absolute Gasteiger partial charge is 0.391 e. The zero-order valence-electron chi connectivity index (χ0n) is 11.4. The number of aliphatic hydroxyl groups excluding tert-OH is 2. The molecule has 0 aromatic carbocycles. The van der Waals surface area contributed by atoms with E-state index in [2.05, 4.69) is 10.9 Å². The van der Waals surface area contributed by atoms with Gasteiger partial charge in [0.05, 0.1) is 12.3 Å². The van der Waals surface area contributed by atoms with Crippen LogP contribution in [0.25, 0.3) is 0 Å². The predicted molar refractivity (Wildman–Crippen MR) is 75.0 cm³/mol. The van der Waals surface area contributed by atoms with E-state index in [-0.39, 0.29) is 0 Å². The van der Waals surface area contributed by atoms with Crippen LogP contribution in [0.1, 0.15) is 13.2 Å². The van der Waals surface area contributed by atoms with E-state index in [9.17, 15) is 19.4 Å². The van der Waals surface area contributed by atoms with Gasteiger partial charge in [-0.25, -0.2) is 9.18 Å². The van der Waals surface area contributed by atoms with Crippen molar-refractivity contribution in [2.45, 2.75) is 37.0 Å². The van der Waals surface area contributed by atoms with Gasteiger partial charge in [-0.3, -0.25) is 4.57 Å². The standard InChI is InChI=1S/C12H14ClFN4O4/c1-5(19)7-8(20)12(16,2-3-13)10(22-7)18-4-6(14)9(15)17-11(18)21/h4-5,7-8,10,19-20H,16H2,1H3,(H2,15,17,21)/t5-,7+,8-,10+,12?/m0/s1. The fraction of sp³-hybridized carbons (Fsp3) is 0.500. The van der Waals surface area contributed by atoms with Gasteiger partial charge in [0.15, 0.2) is 23.4 Å². The van der Waals surface area contributed by atoms with E-state index in [4.69, 9.17) is 27.8 Å². The molecule has 1 saturated heterocycles. The Bertz CT molecular complexity index is 701. The Morgan fingerprint density at radius 1 is 1.68 bits per heavy atom. The lowest BCUT2D eigenvalue weighted by molar-refractivity contribution is -0.0780. The van der Waals surface area contributed by atoms with Gasteiger partial charge in [-0.15, -0.1) is 0 Å². The predicted octanol–water partition coefficient (Wildman–Crippen LogP) is -1.50. The molecule has 1 aromatic heterocycles. The molecule has 8 nitrogen and oxygen atoms in total. The third-order valence-electron chi connectivity index (χ3n) is 3.42. The summed E-state index contributed by atoms with van der Waals surface area (Å²) < 4.78 is 19.7. The minimum absolute atomic E-state index is 0.585. The molecule has 0 bridgehead atoms. The number of aromatic nitrogens is 2. The van der Waals surface area contributed by atoms with Crippen LogP contribution in [0, 0.1) is 17.1 Å². The number of nitrogens with zero attached hydrogens (tertiary/aromatic N) is 2. The van der Waals surface area contributed by atoms with Gasteiger partial charge in [0.25, 0.3) is 0 Å². The highest BCUT2D eigenvalue weighted by atomic mass is 35.5. The molecule has 2 rings (SSSR count). The molecule has 6 N–H and O–H groups in total. The van der Waals surface area contributed by atoms with Gasteiger partial charge in [0, 0.05) is 5.38 Å². The van der Waals surface area contributed by atoms with Crippen molar-refractivity contribution in [3.63, 3.8) is 0 Å². The maximum atomic E-state index is 13.6. The molecule has 0 amide bonds. The summed E-state index contributed by atoms with van der Waals surface area (Å²) in [5.41, 5.74) is 8.40. The van der Waals surface area contributed by atoms with E-state index < -0.39 is 47.4 Å². The van der Waals surface area contributed by atoms with E-state index in [0.29, 0.717) is 4.57 Å². The molecule has 22 heavy (non-hydrogen) atoms. The maximum absolute atomic E-state index is 13.6. The lowest BCUT2D eigenvalue weighted by Gasteiger charge is -2.27. The van der Waals surface area contributed by atoms with Crippen LogP contribution < -0.4 is 17.2 Å². The average Bonchev–Trinajstić information content (AvgIpc) is 2.68. The van der Waals surface area contributed by atoms with Crippen molar-refractivity contribution in [2.75, 3.05) is 5.73 Å². The normalized spacial score (nSPS) is 32.4. The average molecular weight is 333 g/mol. The van der Waals surface area contributed by atoms with Gasteiger partial charge < -0.3 is 26.4 Å². The first-order valence-corrected chi connectivity index (χ1v) is 6.57. The number of hydrogen-bond donors (Lipinski definition) is 4. The van der Waals surface area contributed by atoms with Crippen molar-refractivity contribution in [1.82, 2.24) is 9.55 Å². The van der Waals surface area contributed by atoms with Crippen LogP contribution in [0.4, 0.5) is 10.2 Å². The van der Waals surface area contributed by atoms with Gasteiger partial charge in [0.1, 0.15) is 12.2 Å². The molecule has 1 fully saturated rings. The van der Waals surface area contributed by atoms with Crippen molar-refractivity contribution in [1.29, 1.82) is 0 Å². The molecule has 0 radical (unpaired) electrons. The van der Waals surface area contributed by atoms with Gasteiger partial charge in [0.2, 0.25) is 0 Å². The molecule has 1 aliphatic heterocycles. The van der Waals surface area contributed by atoms with E-state index >= 15 is 0 Å². The monoisotopic (exact) mass is 332 g/mol. The second kappa shape index (κ2) is 5.83. The lowest BCUT2D eigenvalue weighted by Crippen LogP contribution is -2.55. The Morgan fingerprint density at radius 3 is 2.86 bits per heavy atom. The molecule has 2 heterocycles. The molecule has 10 heteroatoms. The Hall–Kier alpha value is -1.70. The SMILES string of the molecule is C[C@H](O)[C@H]1O[C@@H](n2cc(F)c(N)nc2=O)C(N)(C#CCl)[C@H]1O. The third kappa shape index (κ3) is 2.55. The number of ether oxygens (including phenoxy) is 1. The third-order valence-corrected chi connectivity index (χ3v) is 3.52. The van der Waals surface area contributed by atoms with Gasteiger partial charge in [-0.2, -0.15) is 4.98 Å². The van der Waals surface area contributed by atoms with Gasteiger partial charge >= 0.3 is 5.69 Å². The van der Waals surface area contributed by atoms with Crippen molar-refractivity contribution in [2.24, 2.45) is 5.73 Å². The summed E-state index contributed by atoms with van der Waals surface area (Å²) in [7, 11) is 0. The maximum Gasteiger partial charge on any atom is 0.351 e. The minimum Gasteiger partial charge on any atom is -0.391 e. The molecular formula is C12H14ClFN4O4. The van der Waals surface area contributed by atoms with Crippen LogP contribution in [0.3, 0.4) is 0 Å². The molecule has 1 aliphatic rings. The van der Waals surface area contributed by atoms with Crippen molar-refractivity contribution in [3.8, 4) is 11.3 Å². The summed E-state index contributed by atoms with van der Waals surface area (Å²) in [6, 6.07) is 0. The highest BCUT2D eigenvalue weighted by Crippen LogP contribution is 2.37. The second-order valence-corrected chi connectivity index (χ2v) is 5.14. The first-order chi connectivity index (χ1) is 10.2. The number of rotatable bonds is 2. The Kier molecular flexibility index (Phi) is 4.42. The molecule has 1 unspecified atom stereocenters. The Labute approximate surface area is 129 Å². The van der Waals surface area contributed by atoms with Crippen LogP contribution in [0.2, 0.25) is 0 Å². The summed E-state index contributed by atoms with van der Waals surface area (Å²) in [6.45, 7) is 1.36. The van der Waals surface area contributed by atoms with Crippen molar-refractivity contribution >= 4 is 17.4 Å². The first-order valence-electron chi connectivity index (χ1n) is 6.19. The fourth-order valence-electron chi connectivity index (χ4n) is 2.27. The Morgan fingerprint density at radius 2 is 2.32 bits per heavy atom. The summed E-state index contributed by atoms with van der Waals surface area (Å²) in [4.78, 5) is 15.2. The molecule has 1 aromatic rings. The van der Waals surface area contributed by atoms with E-state index in [1.807, 2.05) is 5.38 Å². The van der Waals surface area contributed by atoms with Crippen molar-refractivity contribution < 1.29 is 19.3 Å². The summed E-state index contributed by atoms with van der Waals surface area (Å²) in [6.07, 6.45) is -4.42. The van der Waals surface area contributed by atoms with E-state index in [1.165, 1.54) is 6.92 Å². The molecular weight excluding hydrogens is 319 g/mol. The number of aliphatic hydroxyl groups is 2. The van der Waals surface area contributed by atoms with Crippen LogP contribution in [-0.2, 0) is 4.74 Å².